The van der Waals surface area contributed by atoms with Gasteiger partial charge in [-0.25, -0.2) is 0 Å². The van der Waals surface area contributed by atoms with Crippen molar-refractivity contribution in [2.75, 3.05) is 40.3 Å². The Labute approximate surface area is 132 Å². The van der Waals surface area contributed by atoms with E-state index in [2.05, 4.69) is 34.5 Å². The van der Waals surface area contributed by atoms with Gasteiger partial charge < -0.3 is 20.0 Å². The average molecular weight is 380 g/mol. The van der Waals surface area contributed by atoms with Crippen LogP contribution in [0.15, 0.2) is 27.8 Å². The van der Waals surface area contributed by atoms with Gasteiger partial charge in [0.2, 0.25) is 0 Å². The maximum absolute atomic E-state index is 5.27. The summed E-state index contributed by atoms with van der Waals surface area (Å²) in [5, 5.41) is 6.54. The van der Waals surface area contributed by atoms with Crippen LogP contribution in [0.4, 0.5) is 0 Å². The fraction of sp³-hybridized carbons (Fsp3) is 0.615. The standard InChI is InChI=1S/C13H24N4O.HI/c1-4-17(3)10-9-16-13(14-2)15-8-7-12-6-5-11-18-12;/h5-6,11H,4,7-10H2,1-3H3,(H2,14,15,16);1H. The normalized spacial score (nSPS) is 11.3. The molecule has 1 rings (SSSR count). The number of likely N-dealkylation sites (N-methyl/N-ethyl adjacent to an activating group) is 1. The van der Waals surface area contributed by atoms with Gasteiger partial charge in [-0.15, -0.1) is 24.0 Å². The van der Waals surface area contributed by atoms with Crippen LogP contribution >= 0.6 is 24.0 Å². The number of halogens is 1. The molecule has 0 spiro atoms. The number of hydrogen-bond donors (Lipinski definition) is 2. The minimum atomic E-state index is 0. The summed E-state index contributed by atoms with van der Waals surface area (Å²) in [5.74, 6) is 1.83. The molecule has 0 aromatic carbocycles. The fourth-order valence-corrected chi connectivity index (χ4v) is 1.50. The lowest BCUT2D eigenvalue weighted by atomic mass is 10.3. The molecule has 0 aliphatic rings. The van der Waals surface area contributed by atoms with Gasteiger partial charge in [-0.1, -0.05) is 6.92 Å². The van der Waals surface area contributed by atoms with E-state index in [0.717, 1.165) is 44.3 Å². The van der Waals surface area contributed by atoms with Crippen molar-refractivity contribution in [3.63, 3.8) is 0 Å². The van der Waals surface area contributed by atoms with Gasteiger partial charge >= 0.3 is 0 Å². The van der Waals surface area contributed by atoms with Gasteiger partial charge in [0, 0.05) is 33.1 Å². The Kier molecular flexibility index (Phi) is 10.7. The van der Waals surface area contributed by atoms with Crippen molar-refractivity contribution >= 4 is 29.9 Å². The van der Waals surface area contributed by atoms with Crippen LogP contribution in [0.1, 0.15) is 12.7 Å². The Balaban J connectivity index is 0.00000324. The highest BCUT2D eigenvalue weighted by atomic mass is 127. The molecule has 110 valence electrons. The van der Waals surface area contributed by atoms with E-state index in [-0.39, 0.29) is 24.0 Å². The van der Waals surface area contributed by atoms with E-state index in [1.54, 1.807) is 13.3 Å². The largest absolute Gasteiger partial charge is 0.469 e. The Morgan fingerprint density at radius 2 is 2.11 bits per heavy atom. The lowest BCUT2D eigenvalue weighted by Gasteiger charge is -2.16. The maximum atomic E-state index is 5.27. The minimum absolute atomic E-state index is 0. The third kappa shape index (κ3) is 8.10. The average Bonchev–Trinajstić information content (AvgIpc) is 2.89. The van der Waals surface area contributed by atoms with Crippen LogP contribution in [0.25, 0.3) is 0 Å². The second-order valence-electron chi connectivity index (χ2n) is 4.15. The van der Waals surface area contributed by atoms with Crippen molar-refractivity contribution in [3.8, 4) is 0 Å². The molecule has 2 N–H and O–H groups in total. The van der Waals surface area contributed by atoms with E-state index in [9.17, 15) is 0 Å². The van der Waals surface area contributed by atoms with Crippen LogP contribution in [0.2, 0.25) is 0 Å². The van der Waals surface area contributed by atoms with Gasteiger partial charge in [0.15, 0.2) is 5.96 Å². The highest BCUT2D eigenvalue weighted by molar-refractivity contribution is 14.0. The number of nitrogens with zero attached hydrogens (tertiary/aromatic N) is 2. The Hall–Kier alpha value is -0.760. The first-order valence-corrected chi connectivity index (χ1v) is 6.41. The lowest BCUT2D eigenvalue weighted by molar-refractivity contribution is 0.357. The number of aliphatic imine (C=N–C) groups is 1. The van der Waals surface area contributed by atoms with Crippen LogP contribution < -0.4 is 10.6 Å². The summed E-state index contributed by atoms with van der Waals surface area (Å²) in [7, 11) is 3.89. The highest BCUT2D eigenvalue weighted by Crippen LogP contribution is 1.99. The van der Waals surface area contributed by atoms with E-state index in [1.165, 1.54) is 0 Å². The molecule has 0 unspecified atom stereocenters. The van der Waals surface area contributed by atoms with Crippen molar-refractivity contribution < 1.29 is 4.42 Å². The van der Waals surface area contributed by atoms with Crippen LogP contribution in [-0.2, 0) is 6.42 Å². The monoisotopic (exact) mass is 380 g/mol. The highest BCUT2D eigenvalue weighted by Gasteiger charge is 1.99. The van der Waals surface area contributed by atoms with E-state index in [4.69, 9.17) is 4.42 Å². The van der Waals surface area contributed by atoms with Crippen LogP contribution in [-0.4, -0.2) is 51.1 Å². The Morgan fingerprint density at radius 1 is 1.37 bits per heavy atom. The molecule has 0 fully saturated rings. The van der Waals surface area contributed by atoms with Crippen molar-refractivity contribution in [1.29, 1.82) is 0 Å². The van der Waals surface area contributed by atoms with Crippen molar-refractivity contribution in [2.24, 2.45) is 4.99 Å². The van der Waals surface area contributed by atoms with Gasteiger partial charge in [0.25, 0.3) is 0 Å². The summed E-state index contributed by atoms with van der Waals surface area (Å²) in [5.41, 5.74) is 0. The molecular formula is C13H25IN4O. The third-order valence-corrected chi connectivity index (χ3v) is 2.79. The van der Waals surface area contributed by atoms with E-state index >= 15 is 0 Å². The molecule has 0 saturated heterocycles. The van der Waals surface area contributed by atoms with Crippen LogP contribution in [0, 0.1) is 0 Å². The van der Waals surface area contributed by atoms with Gasteiger partial charge in [-0.3, -0.25) is 4.99 Å². The molecule has 1 aromatic heterocycles. The first kappa shape index (κ1) is 18.2. The second-order valence-corrected chi connectivity index (χ2v) is 4.15. The minimum Gasteiger partial charge on any atom is -0.469 e. The SMILES string of the molecule is CCN(C)CCNC(=NC)NCCc1ccco1.I. The van der Waals surface area contributed by atoms with Gasteiger partial charge in [-0.2, -0.15) is 0 Å². The van der Waals surface area contributed by atoms with Gasteiger partial charge in [0.05, 0.1) is 6.26 Å². The number of nitrogens with one attached hydrogen (secondary N) is 2. The van der Waals surface area contributed by atoms with Gasteiger partial charge in [0.1, 0.15) is 5.76 Å². The molecule has 5 nitrogen and oxygen atoms in total. The first-order valence-electron chi connectivity index (χ1n) is 6.41. The molecule has 6 heteroatoms. The fourth-order valence-electron chi connectivity index (χ4n) is 1.50. The van der Waals surface area contributed by atoms with Crippen LogP contribution in [0.3, 0.4) is 0 Å². The third-order valence-electron chi connectivity index (χ3n) is 2.79. The van der Waals surface area contributed by atoms with E-state index < -0.39 is 0 Å². The zero-order valence-electron chi connectivity index (χ0n) is 12.0. The zero-order chi connectivity index (χ0) is 13.2. The molecule has 0 saturated carbocycles. The quantitative estimate of drug-likeness (QED) is 0.428. The summed E-state index contributed by atoms with van der Waals surface area (Å²) in [4.78, 5) is 6.43. The second kappa shape index (κ2) is 11.1. The summed E-state index contributed by atoms with van der Waals surface area (Å²) >= 11 is 0. The molecule has 1 heterocycles. The zero-order valence-corrected chi connectivity index (χ0v) is 14.3. The topological polar surface area (TPSA) is 52.8 Å². The summed E-state index contributed by atoms with van der Waals surface area (Å²) in [6.07, 6.45) is 2.56. The molecule has 1 aromatic rings. The molecule has 19 heavy (non-hydrogen) atoms. The molecule has 0 amide bonds. The van der Waals surface area contributed by atoms with Crippen LogP contribution in [0.5, 0.6) is 0 Å². The number of guanidine groups is 1. The molecular weight excluding hydrogens is 355 g/mol. The Bertz CT molecular complexity index is 340. The number of furan rings is 1. The molecule has 0 aliphatic heterocycles. The lowest BCUT2D eigenvalue weighted by Crippen LogP contribution is -2.41. The molecule has 0 bridgehead atoms. The van der Waals surface area contributed by atoms with Crippen molar-refractivity contribution in [3.05, 3.63) is 24.2 Å². The van der Waals surface area contributed by atoms with Crippen molar-refractivity contribution in [1.82, 2.24) is 15.5 Å². The summed E-state index contributed by atoms with van der Waals surface area (Å²) in [6.45, 7) is 5.93. The maximum Gasteiger partial charge on any atom is 0.191 e. The van der Waals surface area contributed by atoms with Crippen molar-refractivity contribution in [2.45, 2.75) is 13.3 Å². The molecule has 0 aliphatic carbocycles. The van der Waals surface area contributed by atoms with Gasteiger partial charge in [-0.05, 0) is 25.7 Å². The number of rotatable bonds is 7. The number of hydrogen-bond acceptors (Lipinski definition) is 3. The predicted molar refractivity (Wildman–Crippen MR) is 90.4 cm³/mol. The Morgan fingerprint density at radius 3 is 2.68 bits per heavy atom. The summed E-state index contributed by atoms with van der Waals surface area (Å²) in [6, 6.07) is 3.89. The smallest absolute Gasteiger partial charge is 0.191 e. The van der Waals surface area contributed by atoms with E-state index in [0.29, 0.717) is 0 Å². The first-order chi connectivity index (χ1) is 8.76. The summed E-state index contributed by atoms with van der Waals surface area (Å²) < 4.78 is 5.27. The molecule has 0 radical (unpaired) electrons. The van der Waals surface area contributed by atoms with E-state index in [1.807, 2.05) is 12.1 Å². The molecule has 0 atom stereocenters. The predicted octanol–water partition coefficient (Wildman–Crippen LogP) is 1.56.